The minimum atomic E-state index is -4.49. The van der Waals surface area contributed by atoms with Crippen molar-refractivity contribution in [2.75, 3.05) is 5.73 Å². The predicted molar refractivity (Wildman–Crippen MR) is 86.7 cm³/mol. The van der Waals surface area contributed by atoms with Gasteiger partial charge in [0.2, 0.25) is 0 Å². The summed E-state index contributed by atoms with van der Waals surface area (Å²) in [6.07, 6.45) is -3.36. The number of alkyl halides is 3. The Hall–Kier alpha value is -3.04. The molecule has 1 aromatic heterocycles. The van der Waals surface area contributed by atoms with Gasteiger partial charge in [0.1, 0.15) is 11.4 Å². The Morgan fingerprint density at radius 1 is 1.23 bits per heavy atom. The molecule has 1 heterocycles. The van der Waals surface area contributed by atoms with Crippen molar-refractivity contribution in [1.29, 1.82) is 0 Å². The third kappa shape index (κ3) is 3.22. The summed E-state index contributed by atoms with van der Waals surface area (Å²) in [5, 5.41) is 2.56. The van der Waals surface area contributed by atoms with Gasteiger partial charge in [-0.25, -0.2) is 4.79 Å². The van der Waals surface area contributed by atoms with Crippen LogP contribution in [0.3, 0.4) is 0 Å². The van der Waals surface area contributed by atoms with Gasteiger partial charge in [-0.05, 0) is 36.5 Å². The number of anilines is 1. The molecule has 0 aliphatic heterocycles. The van der Waals surface area contributed by atoms with E-state index in [0.717, 1.165) is 6.07 Å². The second-order valence-corrected chi connectivity index (χ2v) is 5.99. The SMILES string of the molecule is Nc1c(C(=O)NC2CCCc3c2cccc3C(F)(F)F)[nH]c(=O)[nH]c1=O. The molecule has 0 bridgehead atoms. The minimum absolute atomic E-state index is 0.143. The number of H-pyrrole nitrogens is 2. The number of hydrogen-bond donors (Lipinski definition) is 4. The van der Waals surface area contributed by atoms with Gasteiger partial charge in [-0.3, -0.25) is 14.6 Å². The van der Waals surface area contributed by atoms with E-state index in [-0.39, 0.29) is 12.0 Å². The summed E-state index contributed by atoms with van der Waals surface area (Å²) in [6.45, 7) is 0. The monoisotopic (exact) mass is 368 g/mol. The fraction of sp³-hybridized carbons (Fsp3) is 0.312. The number of aromatic amines is 2. The van der Waals surface area contributed by atoms with Crippen LogP contribution in [0.1, 0.15) is 46.1 Å². The molecule has 1 unspecified atom stereocenters. The van der Waals surface area contributed by atoms with Gasteiger partial charge in [-0.2, -0.15) is 13.2 Å². The van der Waals surface area contributed by atoms with Gasteiger partial charge >= 0.3 is 11.9 Å². The van der Waals surface area contributed by atoms with Gasteiger partial charge in [0.15, 0.2) is 0 Å². The van der Waals surface area contributed by atoms with Gasteiger partial charge in [-0.1, -0.05) is 12.1 Å². The fourth-order valence-electron chi connectivity index (χ4n) is 3.17. The molecule has 0 saturated heterocycles. The average Bonchev–Trinajstić information content (AvgIpc) is 2.57. The van der Waals surface area contributed by atoms with Gasteiger partial charge in [0.05, 0.1) is 11.6 Å². The lowest BCUT2D eigenvalue weighted by atomic mass is 9.84. The van der Waals surface area contributed by atoms with Crippen LogP contribution in [0.2, 0.25) is 0 Å². The Morgan fingerprint density at radius 2 is 1.96 bits per heavy atom. The zero-order valence-electron chi connectivity index (χ0n) is 13.4. The molecule has 1 aliphatic rings. The molecular formula is C16H15F3N4O3. The number of benzene rings is 1. The van der Waals surface area contributed by atoms with Crippen LogP contribution >= 0.6 is 0 Å². The molecule has 10 heteroatoms. The van der Waals surface area contributed by atoms with Gasteiger partial charge in [0.25, 0.3) is 11.5 Å². The second kappa shape index (κ2) is 6.36. The largest absolute Gasteiger partial charge is 0.416 e. The molecule has 0 fully saturated rings. The summed E-state index contributed by atoms with van der Waals surface area (Å²) in [5.74, 6) is -0.832. The molecule has 2 aromatic rings. The summed E-state index contributed by atoms with van der Waals surface area (Å²) in [4.78, 5) is 39.3. The molecule has 5 N–H and O–H groups in total. The maximum Gasteiger partial charge on any atom is 0.416 e. The third-order valence-corrected chi connectivity index (χ3v) is 4.32. The topological polar surface area (TPSA) is 121 Å². The first-order valence-electron chi connectivity index (χ1n) is 7.80. The van der Waals surface area contributed by atoms with Crippen LogP contribution in [0.5, 0.6) is 0 Å². The van der Waals surface area contributed by atoms with Crippen molar-refractivity contribution in [2.24, 2.45) is 0 Å². The van der Waals surface area contributed by atoms with Crippen LogP contribution in [-0.4, -0.2) is 15.9 Å². The number of nitrogens with one attached hydrogen (secondary N) is 3. The molecule has 0 spiro atoms. The van der Waals surface area contributed by atoms with E-state index in [2.05, 4.69) is 10.3 Å². The Balaban J connectivity index is 1.96. The number of aromatic nitrogens is 2. The van der Waals surface area contributed by atoms with Crippen LogP contribution in [0.25, 0.3) is 0 Å². The van der Waals surface area contributed by atoms with Crippen molar-refractivity contribution < 1.29 is 18.0 Å². The molecule has 3 rings (SSSR count). The fourth-order valence-corrected chi connectivity index (χ4v) is 3.17. The highest BCUT2D eigenvalue weighted by molar-refractivity contribution is 5.97. The average molecular weight is 368 g/mol. The van der Waals surface area contributed by atoms with E-state index in [1.165, 1.54) is 12.1 Å². The van der Waals surface area contributed by atoms with E-state index in [9.17, 15) is 27.6 Å². The molecule has 1 aromatic carbocycles. The molecule has 26 heavy (non-hydrogen) atoms. The number of rotatable bonds is 2. The van der Waals surface area contributed by atoms with Crippen LogP contribution in [0, 0.1) is 0 Å². The molecular weight excluding hydrogens is 353 g/mol. The standard InChI is InChI=1S/C16H15F3N4O3/c17-16(18,19)9-5-1-4-8-7(9)3-2-6-10(8)21-14(25)12-11(20)13(24)23-15(26)22-12/h1,4-5,10H,2-3,6,20H2,(H,21,25)(H2,22,23,24,26). The first kappa shape index (κ1) is 17.8. The summed E-state index contributed by atoms with van der Waals surface area (Å²) in [7, 11) is 0. The van der Waals surface area contributed by atoms with Crippen LogP contribution in [-0.2, 0) is 12.6 Å². The highest BCUT2D eigenvalue weighted by Gasteiger charge is 2.36. The number of carbonyl (C=O) groups is 1. The van der Waals surface area contributed by atoms with Crippen LogP contribution in [0.4, 0.5) is 18.9 Å². The highest BCUT2D eigenvalue weighted by atomic mass is 19.4. The van der Waals surface area contributed by atoms with E-state index < -0.39 is 46.3 Å². The molecule has 1 aliphatic carbocycles. The molecule has 138 valence electrons. The van der Waals surface area contributed by atoms with Crippen molar-refractivity contribution >= 4 is 11.6 Å². The number of amides is 1. The van der Waals surface area contributed by atoms with Crippen LogP contribution < -0.4 is 22.3 Å². The molecule has 7 nitrogen and oxygen atoms in total. The molecule has 1 amide bonds. The number of halogens is 3. The van der Waals surface area contributed by atoms with Gasteiger partial charge in [-0.15, -0.1) is 0 Å². The number of fused-ring (bicyclic) bond motifs is 1. The van der Waals surface area contributed by atoms with Crippen molar-refractivity contribution in [3.63, 3.8) is 0 Å². The van der Waals surface area contributed by atoms with E-state index in [4.69, 9.17) is 5.73 Å². The van der Waals surface area contributed by atoms with E-state index in [0.29, 0.717) is 18.4 Å². The van der Waals surface area contributed by atoms with Crippen molar-refractivity contribution in [3.05, 3.63) is 61.4 Å². The third-order valence-electron chi connectivity index (χ3n) is 4.32. The highest BCUT2D eigenvalue weighted by Crippen LogP contribution is 2.39. The lowest BCUT2D eigenvalue weighted by Crippen LogP contribution is -2.36. The van der Waals surface area contributed by atoms with E-state index in [1.54, 1.807) is 0 Å². The smallest absolute Gasteiger partial charge is 0.392 e. The number of nitrogen functional groups attached to an aromatic ring is 1. The molecule has 1 atom stereocenters. The Bertz CT molecular complexity index is 978. The number of carbonyl (C=O) groups excluding carboxylic acids is 1. The summed E-state index contributed by atoms with van der Waals surface area (Å²) < 4.78 is 39.6. The normalized spacial score (nSPS) is 16.8. The zero-order valence-corrected chi connectivity index (χ0v) is 13.4. The second-order valence-electron chi connectivity index (χ2n) is 5.99. The lowest BCUT2D eigenvalue weighted by molar-refractivity contribution is -0.138. The zero-order chi connectivity index (χ0) is 19.1. The lowest BCUT2D eigenvalue weighted by Gasteiger charge is -2.28. The first-order chi connectivity index (χ1) is 12.2. The predicted octanol–water partition coefficient (Wildman–Crippen LogP) is 1.47. The maximum absolute atomic E-state index is 13.2. The maximum atomic E-state index is 13.2. The van der Waals surface area contributed by atoms with E-state index in [1.807, 2.05) is 4.98 Å². The summed E-state index contributed by atoms with van der Waals surface area (Å²) >= 11 is 0. The first-order valence-corrected chi connectivity index (χ1v) is 7.80. The quantitative estimate of drug-likeness (QED) is 0.641. The summed E-state index contributed by atoms with van der Waals surface area (Å²) in [6, 6.07) is 3.14. The van der Waals surface area contributed by atoms with Crippen molar-refractivity contribution in [3.8, 4) is 0 Å². The van der Waals surface area contributed by atoms with E-state index >= 15 is 0 Å². The van der Waals surface area contributed by atoms with Gasteiger partial charge in [0, 0.05) is 0 Å². The Labute approximate surface area is 144 Å². The number of hydrogen-bond acceptors (Lipinski definition) is 4. The minimum Gasteiger partial charge on any atom is -0.392 e. The van der Waals surface area contributed by atoms with Crippen LogP contribution in [0.15, 0.2) is 27.8 Å². The molecule has 0 saturated carbocycles. The van der Waals surface area contributed by atoms with Crippen molar-refractivity contribution in [1.82, 2.24) is 15.3 Å². The number of nitrogens with two attached hydrogens (primary N) is 1. The Morgan fingerprint density at radius 3 is 2.65 bits per heavy atom. The molecule has 0 radical (unpaired) electrons. The van der Waals surface area contributed by atoms with Gasteiger partial charge < -0.3 is 16.0 Å². The van der Waals surface area contributed by atoms with Crippen molar-refractivity contribution in [2.45, 2.75) is 31.5 Å². The summed E-state index contributed by atoms with van der Waals surface area (Å²) in [5.41, 5.74) is 2.59. The Kier molecular flexibility index (Phi) is 4.34.